The van der Waals surface area contributed by atoms with Crippen molar-refractivity contribution in [2.75, 3.05) is 0 Å². The summed E-state index contributed by atoms with van der Waals surface area (Å²) in [7, 11) is -4.68. The van der Waals surface area contributed by atoms with Gasteiger partial charge in [-0.25, -0.2) is 0 Å². The standard InChI is InChI=1S/C31H51O3P/c1-19-15-21(28(3,4)5)17-23(30(9,10)11)25(19)27(35(32,33)34)26-20(2)16-22(29(6,7)8)18-24(26)31(12,13)14/h15-18,27,32-35H,1-14H3. The third-order valence-corrected chi connectivity index (χ3v) is 8.44. The summed E-state index contributed by atoms with van der Waals surface area (Å²) in [6.45, 7) is 30.2. The Kier molecular flexibility index (Phi) is 7.92. The van der Waals surface area contributed by atoms with Crippen LogP contribution in [0.25, 0.3) is 0 Å². The number of aryl methyl sites for hydroxylation is 2. The SMILES string of the molecule is Cc1cc(C(C)(C)C)cc(C(C)(C)C)c1C(c1c(C)cc(C(C)(C)C)cc1C(C)(C)C)[PH](O)(O)O. The van der Waals surface area contributed by atoms with Gasteiger partial charge in [-0.3, -0.25) is 0 Å². The van der Waals surface area contributed by atoms with Crippen LogP contribution in [0, 0.1) is 13.8 Å². The molecule has 0 aliphatic carbocycles. The molecule has 0 unspecified atom stereocenters. The molecule has 0 atom stereocenters. The molecule has 0 amide bonds. The van der Waals surface area contributed by atoms with E-state index in [2.05, 4.69) is 107 Å². The molecule has 4 heteroatoms. The van der Waals surface area contributed by atoms with Gasteiger partial charge in [-0.05, 0) is 0 Å². The van der Waals surface area contributed by atoms with Crippen LogP contribution in [0.15, 0.2) is 24.3 Å². The van der Waals surface area contributed by atoms with E-state index in [1.807, 2.05) is 13.8 Å². The maximum absolute atomic E-state index is 11.1. The van der Waals surface area contributed by atoms with E-state index in [9.17, 15) is 14.7 Å². The van der Waals surface area contributed by atoms with Crippen molar-refractivity contribution >= 4 is 7.94 Å². The summed E-state index contributed by atoms with van der Waals surface area (Å²) in [6.07, 6.45) is 0. The Morgan fingerprint density at radius 3 is 1.00 bits per heavy atom. The van der Waals surface area contributed by atoms with Crippen LogP contribution in [0.3, 0.4) is 0 Å². The minimum atomic E-state index is -4.68. The average Bonchev–Trinajstić information content (AvgIpc) is 2.59. The topological polar surface area (TPSA) is 60.7 Å². The van der Waals surface area contributed by atoms with Gasteiger partial charge in [-0.1, -0.05) is 0 Å². The molecule has 35 heavy (non-hydrogen) atoms. The Labute approximate surface area is 215 Å². The van der Waals surface area contributed by atoms with E-state index in [1.165, 1.54) is 11.1 Å². The Hall–Kier alpha value is -1.25. The molecule has 0 aliphatic heterocycles. The Bertz CT molecular complexity index is 998. The molecule has 0 bridgehead atoms. The molecule has 0 aliphatic rings. The van der Waals surface area contributed by atoms with E-state index < -0.39 is 13.6 Å². The zero-order valence-electron chi connectivity index (χ0n) is 24.7. The van der Waals surface area contributed by atoms with Crippen LogP contribution in [-0.2, 0) is 21.7 Å². The molecule has 3 N–H and O–H groups in total. The quantitative estimate of drug-likeness (QED) is 0.372. The molecule has 0 heterocycles. The number of hydrogen-bond donors (Lipinski definition) is 3. The molecular formula is C31H51O3P. The van der Waals surface area contributed by atoms with Gasteiger partial charge in [-0.2, -0.15) is 0 Å². The average molecular weight is 503 g/mol. The van der Waals surface area contributed by atoms with Gasteiger partial charge in [0.05, 0.1) is 0 Å². The van der Waals surface area contributed by atoms with Crippen molar-refractivity contribution in [1.29, 1.82) is 0 Å². The van der Waals surface area contributed by atoms with Gasteiger partial charge < -0.3 is 0 Å². The van der Waals surface area contributed by atoms with Gasteiger partial charge in [0.1, 0.15) is 0 Å². The molecule has 0 aromatic heterocycles. The zero-order chi connectivity index (χ0) is 27.5. The van der Waals surface area contributed by atoms with Crippen LogP contribution in [0.1, 0.15) is 133 Å². The van der Waals surface area contributed by atoms with E-state index in [4.69, 9.17) is 0 Å². The molecule has 2 rings (SSSR count). The fraction of sp³-hybridized carbons (Fsp3) is 0.613. The van der Waals surface area contributed by atoms with E-state index in [0.29, 0.717) is 0 Å². The molecule has 0 spiro atoms. The van der Waals surface area contributed by atoms with Crippen molar-refractivity contribution in [2.45, 2.75) is 124 Å². The van der Waals surface area contributed by atoms with Crippen LogP contribution in [0.4, 0.5) is 0 Å². The van der Waals surface area contributed by atoms with Crippen LogP contribution in [0.2, 0.25) is 0 Å². The molecule has 2 aromatic rings. The van der Waals surface area contributed by atoms with Gasteiger partial charge >= 0.3 is 216 Å². The van der Waals surface area contributed by atoms with Crippen LogP contribution >= 0.6 is 7.94 Å². The Balaban J connectivity index is 3.12. The van der Waals surface area contributed by atoms with Crippen molar-refractivity contribution in [2.24, 2.45) is 0 Å². The van der Waals surface area contributed by atoms with Gasteiger partial charge in [0.2, 0.25) is 0 Å². The van der Waals surface area contributed by atoms with Gasteiger partial charge in [0, 0.05) is 0 Å². The summed E-state index contributed by atoms with van der Waals surface area (Å²) in [4.78, 5) is 33.4. The first-order valence-electron chi connectivity index (χ1n) is 12.8. The van der Waals surface area contributed by atoms with Crippen LogP contribution in [-0.4, -0.2) is 14.7 Å². The molecule has 0 radical (unpaired) electrons. The van der Waals surface area contributed by atoms with E-state index in [-0.39, 0.29) is 21.7 Å². The summed E-state index contributed by atoms with van der Waals surface area (Å²) in [6, 6.07) is 8.75. The molecule has 0 saturated carbocycles. The van der Waals surface area contributed by atoms with Crippen LogP contribution < -0.4 is 0 Å². The second-order valence-corrected chi connectivity index (χ2v) is 16.6. The third kappa shape index (κ3) is 6.55. The van der Waals surface area contributed by atoms with Gasteiger partial charge in [-0.15, -0.1) is 0 Å². The summed E-state index contributed by atoms with van der Waals surface area (Å²) in [5, 5.41) is 0. The predicted molar refractivity (Wildman–Crippen MR) is 154 cm³/mol. The number of benzene rings is 2. The van der Waals surface area contributed by atoms with Gasteiger partial charge in [0.25, 0.3) is 0 Å². The first-order chi connectivity index (χ1) is 15.4. The first kappa shape index (κ1) is 30.0. The van der Waals surface area contributed by atoms with E-state index in [0.717, 1.165) is 33.4 Å². The predicted octanol–water partition coefficient (Wildman–Crippen LogP) is 8.05. The van der Waals surface area contributed by atoms with Gasteiger partial charge in [0.15, 0.2) is 0 Å². The van der Waals surface area contributed by atoms with E-state index >= 15 is 0 Å². The first-order valence-corrected chi connectivity index (χ1v) is 14.8. The molecule has 0 fully saturated rings. The van der Waals surface area contributed by atoms with E-state index in [1.54, 1.807) is 0 Å². The third-order valence-electron chi connectivity index (χ3n) is 7.09. The fourth-order valence-corrected chi connectivity index (χ4v) is 6.54. The summed E-state index contributed by atoms with van der Waals surface area (Å²) in [5.41, 5.74) is 6.72. The molecule has 2 aromatic carbocycles. The van der Waals surface area contributed by atoms with Crippen molar-refractivity contribution < 1.29 is 14.7 Å². The van der Waals surface area contributed by atoms with Crippen LogP contribution in [0.5, 0.6) is 0 Å². The van der Waals surface area contributed by atoms with Crippen molar-refractivity contribution in [3.05, 3.63) is 68.8 Å². The maximum atomic E-state index is 11.1. The molecule has 198 valence electrons. The summed E-state index contributed by atoms with van der Waals surface area (Å²) in [5.74, 6) is 0. The number of rotatable bonds is 3. The Morgan fingerprint density at radius 1 is 0.514 bits per heavy atom. The molecular weight excluding hydrogens is 451 g/mol. The second kappa shape index (κ2) is 9.25. The molecule has 0 saturated heterocycles. The van der Waals surface area contributed by atoms with Crippen molar-refractivity contribution in [3.63, 3.8) is 0 Å². The zero-order valence-corrected chi connectivity index (χ0v) is 25.7. The summed E-state index contributed by atoms with van der Waals surface area (Å²) < 4.78 is 0. The fourth-order valence-electron chi connectivity index (χ4n) is 5.00. The molecule has 3 nitrogen and oxygen atoms in total. The normalized spacial score (nSPS) is 14.6. The Morgan fingerprint density at radius 2 is 0.800 bits per heavy atom. The van der Waals surface area contributed by atoms with Crippen molar-refractivity contribution in [3.8, 4) is 0 Å². The number of hydrogen-bond acceptors (Lipinski definition) is 3. The van der Waals surface area contributed by atoms with Crippen molar-refractivity contribution in [1.82, 2.24) is 0 Å². The monoisotopic (exact) mass is 502 g/mol. The second-order valence-electron chi connectivity index (χ2n) is 14.6. The minimum absolute atomic E-state index is 0.0498. The summed E-state index contributed by atoms with van der Waals surface area (Å²) >= 11 is 0.